The van der Waals surface area contributed by atoms with Crippen LogP contribution in [-0.4, -0.2) is 26.3 Å². The molecule has 162 valence electrons. The number of phenols is 2. The first-order chi connectivity index (χ1) is 15.2. The van der Waals surface area contributed by atoms with Crippen molar-refractivity contribution >= 4 is 40.3 Å². The topological polar surface area (TPSA) is 122 Å². The van der Waals surface area contributed by atoms with Gasteiger partial charge in [0.25, 0.3) is 0 Å². The lowest BCUT2D eigenvalue weighted by Gasteiger charge is -2.10. The normalized spacial score (nSPS) is 11.5. The van der Waals surface area contributed by atoms with Crippen LogP contribution in [0.5, 0.6) is 11.5 Å². The van der Waals surface area contributed by atoms with Crippen molar-refractivity contribution in [1.29, 1.82) is 0 Å². The third-order valence-electron chi connectivity index (χ3n) is 5.18. The molecule has 32 heavy (non-hydrogen) atoms. The van der Waals surface area contributed by atoms with Crippen molar-refractivity contribution in [3.05, 3.63) is 73.8 Å². The van der Waals surface area contributed by atoms with Crippen LogP contribution in [0.15, 0.2) is 45.8 Å². The van der Waals surface area contributed by atoms with E-state index >= 15 is 0 Å². The Morgan fingerprint density at radius 2 is 1.88 bits per heavy atom. The van der Waals surface area contributed by atoms with Gasteiger partial charge in [0.05, 0.1) is 21.2 Å². The molecule has 9 heteroatoms. The summed E-state index contributed by atoms with van der Waals surface area (Å²) in [5.41, 5.74) is 3.34. The number of halogens is 1. The minimum absolute atomic E-state index is 0.0414. The Hall–Kier alpha value is -3.91. The van der Waals surface area contributed by atoms with E-state index in [0.717, 1.165) is 5.56 Å². The van der Waals surface area contributed by atoms with Crippen molar-refractivity contribution in [2.75, 3.05) is 0 Å². The number of aromatic hydroxyl groups is 2. The Kier molecular flexibility index (Phi) is 5.31. The number of nitro benzene ring substituents is 1. The number of aryl methyl sites for hydroxylation is 1. The lowest BCUT2D eigenvalue weighted by Crippen LogP contribution is -2.00. The zero-order valence-electron chi connectivity index (χ0n) is 17.4. The highest BCUT2D eigenvalue weighted by Gasteiger charge is 2.25. The van der Waals surface area contributed by atoms with Gasteiger partial charge in [0, 0.05) is 17.3 Å². The van der Waals surface area contributed by atoms with Crippen LogP contribution in [0.25, 0.3) is 22.6 Å². The first-order valence-electron chi connectivity index (χ1n) is 9.58. The SMILES string of the molecule is Cc1ccc2oc(-c3cc(N=Cc4c(C)c(Cl)c(C)c([N+](=O)[O-])c4O)ccc3O)nc2c1. The molecule has 1 heterocycles. The van der Waals surface area contributed by atoms with Gasteiger partial charge in [-0.2, -0.15) is 0 Å². The Bertz CT molecular complexity index is 1430. The number of nitro groups is 1. The first kappa shape index (κ1) is 21.3. The van der Waals surface area contributed by atoms with E-state index in [1.54, 1.807) is 25.1 Å². The fraction of sp³-hybridized carbons (Fsp3) is 0.130. The van der Waals surface area contributed by atoms with Crippen molar-refractivity contribution in [1.82, 2.24) is 4.98 Å². The van der Waals surface area contributed by atoms with E-state index in [1.807, 2.05) is 19.1 Å². The van der Waals surface area contributed by atoms with Crippen molar-refractivity contribution < 1.29 is 19.6 Å². The lowest BCUT2D eigenvalue weighted by atomic mass is 10.0. The number of aromatic nitrogens is 1. The van der Waals surface area contributed by atoms with Crippen molar-refractivity contribution in [3.63, 3.8) is 0 Å². The van der Waals surface area contributed by atoms with Crippen LogP contribution in [0.2, 0.25) is 5.02 Å². The summed E-state index contributed by atoms with van der Waals surface area (Å²) < 4.78 is 5.76. The number of phenolic OH excluding ortho intramolecular Hbond substituents is 2. The minimum atomic E-state index is -0.680. The molecule has 0 unspecified atom stereocenters. The molecular weight excluding hydrogens is 434 g/mol. The lowest BCUT2D eigenvalue weighted by molar-refractivity contribution is -0.386. The second-order valence-electron chi connectivity index (χ2n) is 7.38. The number of oxazole rings is 1. The molecule has 0 amide bonds. The molecule has 0 atom stereocenters. The van der Waals surface area contributed by atoms with Gasteiger partial charge in [0.1, 0.15) is 11.3 Å². The second kappa shape index (κ2) is 7.97. The van der Waals surface area contributed by atoms with Crippen molar-refractivity contribution in [3.8, 4) is 23.0 Å². The van der Waals surface area contributed by atoms with Crippen LogP contribution in [0.3, 0.4) is 0 Å². The van der Waals surface area contributed by atoms with Crippen LogP contribution < -0.4 is 0 Å². The summed E-state index contributed by atoms with van der Waals surface area (Å²) in [6, 6.07) is 10.2. The predicted molar refractivity (Wildman–Crippen MR) is 122 cm³/mol. The monoisotopic (exact) mass is 451 g/mol. The zero-order valence-corrected chi connectivity index (χ0v) is 18.1. The Morgan fingerprint density at radius 1 is 1.12 bits per heavy atom. The summed E-state index contributed by atoms with van der Waals surface area (Å²) in [6.07, 6.45) is 1.30. The van der Waals surface area contributed by atoms with Gasteiger partial charge in [-0.3, -0.25) is 15.1 Å². The smallest absolute Gasteiger partial charge is 0.315 e. The van der Waals surface area contributed by atoms with E-state index in [9.17, 15) is 20.3 Å². The van der Waals surface area contributed by atoms with Gasteiger partial charge in [-0.05, 0) is 62.2 Å². The van der Waals surface area contributed by atoms with Gasteiger partial charge in [0.2, 0.25) is 11.6 Å². The zero-order chi connectivity index (χ0) is 23.2. The molecule has 0 bridgehead atoms. The first-order valence-corrected chi connectivity index (χ1v) is 9.95. The highest BCUT2D eigenvalue weighted by atomic mass is 35.5. The molecule has 3 aromatic carbocycles. The standard InChI is InChI=1S/C23H18ClN3O5/c1-11-4-7-19-17(8-11)26-23(32-19)15-9-14(5-6-18(15)28)25-10-16-12(2)20(24)13(3)21(22(16)29)27(30)31/h4-10,28-29H,1-3H3. The number of hydrogen-bond donors (Lipinski definition) is 2. The minimum Gasteiger partial charge on any atom is -0.507 e. The quantitative estimate of drug-likeness (QED) is 0.218. The summed E-state index contributed by atoms with van der Waals surface area (Å²) >= 11 is 6.23. The molecule has 4 rings (SSSR count). The Balaban J connectivity index is 1.77. The average molecular weight is 452 g/mol. The molecule has 0 radical (unpaired) electrons. The summed E-state index contributed by atoms with van der Waals surface area (Å²) in [7, 11) is 0. The third kappa shape index (κ3) is 3.65. The third-order valence-corrected chi connectivity index (χ3v) is 5.74. The molecule has 0 aliphatic heterocycles. The molecule has 2 N–H and O–H groups in total. The van der Waals surface area contributed by atoms with Crippen molar-refractivity contribution in [2.24, 2.45) is 4.99 Å². The van der Waals surface area contributed by atoms with E-state index in [4.69, 9.17) is 16.0 Å². The molecule has 0 aliphatic rings. The van der Waals surface area contributed by atoms with Crippen LogP contribution in [-0.2, 0) is 0 Å². The van der Waals surface area contributed by atoms with Gasteiger partial charge in [-0.1, -0.05) is 17.7 Å². The van der Waals surface area contributed by atoms with E-state index < -0.39 is 16.4 Å². The second-order valence-corrected chi connectivity index (χ2v) is 7.76. The van der Waals surface area contributed by atoms with E-state index in [2.05, 4.69) is 9.98 Å². The van der Waals surface area contributed by atoms with E-state index in [-0.39, 0.29) is 27.8 Å². The van der Waals surface area contributed by atoms with Gasteiger partial charge in [-0.25, -0.2) is 4.98 Å². The molecule has 4 aromatic rings. The molecule has 1 aromatic heterocycles. The van der Waals surface area contributed by atoms with Gasteiger partial charge < -0.3 is 14.6 Å². The average Bonchev–Trinajstić information content (AvgIpc) is 3.16. The molecule has 0 saturated heterocycles. The van der Waals surface area contributed by atoms with E-state index in [1.165, 1.54) is 19.2 Å². The molecule has 0 spiro atoms. The van der Waals surface area contributed by atoms with Gasteiger partial charge >= 0.3 is 5.69 Å². The predicted octanol–water partition coefficient (Wildman–Crippen LogP) is 6.14. The van der Waals surface area contributed by atoms with Crippen LogP contribution >= 0.6 is 11.6 Å². The number of hydrogen-bond acceptors (Lipinski definition) is 7. The van der Waals surface area contributed by atoms with Crippen LogP contribution in [0, 0.1) is 30.9 Å². The fourth-order valence-electron chi connectivity index (χ4n) is 3.43. The number of aliphatic imine (C=N–C) groups is 1. The van der Waals surface area contributed by atoms with E-state index in [0.29, 0.717) is 27.9 Å². The maximum absolute atomic E-state index is 11.4. The van der Waals surface area contributed by atoms with Gasteiger partial charge in [0.15, 0.2) is 5.58 Å². The Labute approximate surface area is 187 Å². The van der Waals surface area contributed by atoms with Crippen LogP contribution in [0.4, 0.5) is 11.4 Å². The molecular formula is C23H18ClN3O5. The van der Waals surface area contributed by atoms with Crippen molar-refractivity contribution in [2.45, 2.75) is 20.8 Å². The largest absolute Gasteiger partial charge is 0.507 e. The Morgan fingerprint density at radius 3 is 2.59 bits per heavy atom. The molecule has 8 nitrogen and oxygen atoms in total. The highest BCUT2D eigenvalue weighted by molar-refractivity contribution is 6.33. The number of nitrogens with zero attached hydrogens (tertiary/aromatic N) is 3. The van der Waals surface area contributed by atoms with Crippen LogP contribution in [0.1, 0.15) is 22.3 Å². The summed E-state index contributed by atoms with van der Waals surface area (Å²) in [4.78, 5) is 19.4. The summed E-state index contributed by atoms with van der Waals surface area (Å²) in [6.45, 7) is 5.06. The maximum Gasteiger partial charge on any atom is 0.315 e. The van der Waals surface area contributed by atoms with Gasteiger partial charge in [-0.15, -0.1) is 0 Å². The number of fused-ring (bicyclic) bond motifs is 1. The summed E-state index contributed by atoms with van der Waals surface area (Å²) in [5.74, 6) is -0.319. The molecule has 0 aliphatic carbocycles. The highest BCUT2D eigenvalue weighted by Crippen LogP contribution is 2.40. The number of rotatable bonds is 4. The fourth-order valence-corrected chi connectivity index (χ4v) is 3.63. The number of benzene rings is 3. The maximum atomic E-state index is 11.4. The molecule has 0 fully saturated rings. The summed E-state index contributed by atoms with van der Waals surface area (Å²) in [5, 5.41) is 32.3. The molecule has 0 saturated carbocycles.